The molecule has 0 saturated heterocycles. The van der Waals surface area contributed by atoms with Gasteiger partial charge < -0.3 is 5.32 Å². The van der Waals surface area contributed by atoms with Crippen LogP contribution in [0.1, 0.15) is 18.9 Å². The maximum Gasteiger partial charge on any atom is 0.416 e. The Morgan fingerprint density at radius 1 is 1.35 bits per heavy atom. The van der Waals surface area contributed by atoms with Gasteiger partial charge in [-0.1, -0.05) is 5.57 Å². The van der Waals surface area contributed by atoms with Crippen LogP contribution in [0, 0.1) is 5.82 Å². The molecular weight excluding hydrogens is 234 g/mol. The highest BCUT2D eigenvalue weighted by Gasteiger charge is 2.31. The number of hydrogen-bond donors (Lipinski definition) is 1. The topological polar surface area (TPSA) is 12.0 Å². The molecule has 0 unspecified atom stereocenters. The molecule has 0 fully saturated rings. The SMILES string of the molecule is C=C(C)CCNc1cc(C(F)(F)F)ccc1F. The Hall–Kier alpha value is -1.52. The van der Waals surface area contributed by atoms with Crippen molar-refractivity contribution in [2.45, 2.75) is 19.5 Å². The Kier molecular flexibility index (Phi) is 4.15. The van der Waals surface area contributed by atoms with Gasteiger partial charge in [0.05, 0.1) is 11.3 Å². The molecular formula is C12H13F4N. The van der Waals surface area contributed by atoms with E-state index in [4.69, 9.17) is 0 Å². The summed E-state index contributed by atoms with van der Waals surface area (Å²) in [5.74, 6) is -0.695. The molecule has 1 aromatic carbocycles. The van der Waals surface area contributed by atoms with Crippen LogP contribution in [0.2, 0.25) is 0 Å². The molecule has 17 heavy (non-hydrogen) atoms. The fourth-order valence-corrected chi connectivity index (χ4v) is 1.25. The largest absolute Gasteiger partial charge is 0.416 e. The van der Waals surface area contributed by atoms with Crippen LogP contribution in [-0.2, 0) is 6.18 Å². The van der Waals surface area contributed by atoms with E-state index in [0.29, 0.717) is 13.0 Å². The molecule has 0 spiro atoms. The fourth-order valence-electron chi connectivity index (χ4n) is 1.25. The van der Waals surface area contributed by atoms with Crippen LogP contribution < -0.4 is 5.32 Å². The normalized spacial score (nSPS) is 11.4. The summed E-state index contributed by atoms with van der Waals surface area (Å²) >= 11 is 0. The summed E-state index contributed by atoms with van der Waals surface area (Å²) in [6.07, 6.45) is -3.88. The number of alkyl halides is 3. The molecule has 1 nitrogen and oxygen atoms in total. The monoisotopic (exact) mass is 247 g/mol. The average molecular weight is 247 g/mol. The van der Waals surface area contributed by atoms with E-state index in [1.807, 2.05) is 0 Å². The van der Waals surface area contributed by atoms with Gasteiger partial charge in [0, 0.05) is 6.54 Å². The zero-order valence-electron chi connectivity index (χ0n) is 9.37. The third-order valence-electron chi connectivity index (χ3n) is 2.16. The maximum absolute atomic E-state index is 13.2. The molecule has 0 heterocycles. The molecule has 0 aromatic heterocycles. The first-order chi connectivity index (χ1) is 7.80. The van der Waals surface area contributed by atoms with Gasteiger partial charge in [0.25, 0.3) is 0 Å². The van der Waals surface area contributed by atoms with Crippen LogP contribution in [-0.4, -0.2) is 6.54 Å². The third-order valence-corrected chi connectivity index (χ3v) is 2.16. The van der Waals surface area contributed by atoms with Crippen molar-refractivity contribution in [3.8, 4) is 0 Å². The van der Waals surface area contributed by atoms with E-state index in [9.17, 15) is 17.6 Å². The van der Waals surface area contributed by atoms with E-state index >= 15 is 0 Å². The van der Waals surface area contributed by atoms with Crippen molar-refractivity contribution in [2.24, 2.45) is 0 Å². The van der Waals surface area contributed by atoms with Crippen LogP contribution >= 0.6 is 0 Å². The quantitative estimate of drug-likeness (QED) is 0.620. The van der Waals surface area contributed by atoms with Crippen molar-refractivity contribution < 1.29 is 17.6 Å². The molecule has 0 aliphatic heterocycles. The number of nitrogens with one attached hydrogen (secondary N) is 1. The molecule has 0 bridgehead atoms. The van der Waals surface area contributed by atoms with Gasteiger partial charge in [0.1, 0.15) is 5.82 Å². The Balaban J connectivity index is 2.80. The van der Waals surface area contributed by atoms with E-state index in [1.54, 1.807) is 6.92 Å². The Bertz CT molecular complexity index is 409. The number of hydrogen-bond acceptors (Lipinski definition) is 1. The van der Waals surface area contributed by atoms with E-state index in [0.717, 1.165) is 23.8 Å². The minimum atomic E-state index is -4.46. The Labute approximate surface area is 97.1 Å². The van der Waals surface area contributed by atoms with Crippen LogP contribution in [0.15, 0.2) is 30.4 Å². The maximum atomic E-state index is 13.2. The van der Waals surface area contributed by atoms with E-state index in [-0.39, 0.29) is 5.69 Å². The highest BCUT2D eigenvalue weighted by Crippen LogP contribution is 2.31. The zero-order chi connectivity index (χ0) is 13.1. The smallest absolute Gasteiger partial charge is 0.382 e. The lowest BCUT2D eigenvalue weighted by Crippen LogP contribution is -2.08. The summed E-state index contributed by atoms with van der Waals surface area (Å²) in [5, 5.41) is 2.62. The summed E-state index contributed by atoms with van der Waals surface area (Å²) in [5.41, 5.74) is -0.123. The summed E-state index contributed by atoms with van der Waals surface area (Å²) in [6.45, 7) is 5.80. The third kappa shape index (κ3) is 4.09. The first-order valence-electron chi connectivity index (χ1n) is 5.05. The van der Waals surface area contributed by atoms with E-state index in [1.165, 1.54) is 0 Å². The minimum Gasteiger partial charge on any atom is -0.382 e. The van der Waals surface area contributed by atoms with Crippen molar-refractivity contribution in [3.63, 3.8) is 0 Å². The van der Waals surface area contributed by atoms with Gasteiger partial charge in [-0.2, -0.15) is 13.2 Å². The standard InChI is InChI=1S/C12H13F4N/c1-8(2)5-6-17-11-7-9(12(14,15)16)3-4-10(11)13/h3-4,7,17H,1,5-6H2,2H3. The van der Waals surface area contributed by atoms with Crippen molar-refractivity contribution in [2.75, 3.05) is 11.9 Å². The molecule has 5 heteroatoms. The molecule has 94 valence electrons. The van der Waals surface area contributed by atoms with Gasteiger partial charge >= 0.3 is 6.18 Å². The van der Waals surface area contributed by atoms with Crippen LogP contribution in [0.4, 0.5) is 23.2 Å². The molecule has 0 saturated carbocycles. The summed E-state index contributed by atoms with van der Waals surface area (Å²) in [6, 6.07) is 2.30. The summed E-state index contributed by atoms with van der Waals surface area (Å²) < 4.78 is 50.4. The summed E-state index contributed by atoms with van der Waals surface area (Å²) in [4.78, 5) is 0. The molecule has 0 atom stereocenters. The van der Waals surface area contributed by atoms with Gasteiger partial charge in [-0.05, 0) is 31.5 Å². The number of anilines is 1. The molecule has 0 amide bonds. The lowest BCUT2D eigenvalue weighted by Gasteiger charge is -2.11. The molecule has 1 aromatic rings. The van der Waals surface area contributed by atoms with Crippen molar-refractivity contribution in [1.29, 1.82) is 0 Å². The van der Waals surface area contributed by atoms with Crippen LogP contribution in [0.5, 0.6) is 0 Å². The van der Waals surface area contributed by atoms with Crippen LogP contribution in [0.25, 0.3) is 0 Å². The minimum absolute atomic E-state index is 0.138. The van der Waals surface area contributed by atoms with Gasteiger partial charge in [0.2, 0.25) is 0 Å². The molecule has 1 rings (SSSR count). The van der Waals surface area contributed by atoms with E-state index in [2.05, 4.69) is 11.9 Å². The van der Waals surface area contributed by atoms with Crippen molar-refractivity contribution >= 4 is 5.69 Å². The second-order valence-electron chi connectivity index (χ2n) is 3.83. The highest BCUT2D eigenvalue weighted by molar-refractivity contribution is 5.48. The summed E-state index contributed by atoms with van der Waals surface area (Å²) in [7, 11) is 0. The van der Waals surface area contributed by atoms with Gasteiger partial charge in [-0.25, -0.2) is 4.39 Å². The molecule has 0 aliphatic rings. The first kappa shape index (κ1) is 13.5. The van der Waals surface area contributed by atoms with Gasteiger partial charge in [0.15, 0.2) is 0 Å². The lowest BCUT2D eigenvalue weighted by atomic mass is 10.1. The zero-order valence-corrected chi connectivity index (χ0v) is 9.37. The Morgan fingerprint density at radius 3 is 2.53 bits per heavy atom. The van der Waals surface area contributed by atoms with E-state index < -0.39 is 17.6 Å². The lowest BCUT2D eigenvalue weighted by molar-refractivity contribution is -0.137. The second kappa shape index (κ2) is 5.21. The first-order valence-corrected chi connectivity index (χ1v) is 5.05. The Morgan fingerprint density at radius 2 is 2.00 bits per heavy atom. The number of rotatable bonds is 4. The number of halogens is 4. The highest BCUT2D eigenvalue weighted by atomic mass is 19.4. The van der Waals surface area contributed by atoms with Crippen LogP contribution in [0.3, 0.4) is 0 Å². The van der Waals surface area contributed by atoms with Crippen molar-refractivity contribution in [1.82, 2.24) is 0 Å². The molecule has 0 aliphatic carbocycles. The van der Waals surface area contributed by atoms with Gasteiger partial charge in [-0.3, -0.25) is 0 Å². The fraction of sp³-hybridized carbons (Fsp3) is 0.333. The molecule has 0 radical (unpaired) electrons. The average Bonchev–Trinajstić information content (AvgIpc) is 2.18. The second-order valence-corrected chi connectivity index (χ2v) is 3.83. The van der Waals surface area contributed by atoms with Crippen molar-refractivity contribution in [3.05, 3.63) is 41.7 Å². The van der Waals surface area contributed by atoms with Gasteiger partial charge in [-0.15, -0.1) is 6.58 Å². The number of benzene rings is 1. The molecule has 1 N–H and O–H groups in total. The predicted octanol–water partition coefficient (Wildman–Crippen LogP) is 4.22. The predicted molar refractivity (Wildman–Crippen MR) is 59.3 cm³/mol.